The summed E-state index contributed by atoms with van der Waals surface area (Å²) in [5.41, 5.74) is 7.75. The molecule has 0 unspecified atom stereocenters. The summed E-state index contributed by atoms with van der Waals surface area (Å²) in [6, 6.07) is 8.09. The summed E-state index contributed by atoms with van der Waals surface area (Å²) < 4.78 is 0. The number of pyridine rings is 1. The summed E-state index contributed by atoms with van der Waals surface area (Å²) in [6.45, 7) is 3.20. The monoisotopic (exact) mass is 436 g/mol. The average molecular weight is 438 g/mol. The summed E-state index contributed by atoms with van der Waals surface area (Å²) in [7, 11) is 0. The number of hydrogen-bond donors (Lipinski definition) is 3. The van der Waals surface area contributed by atoms with Crippen molar-refractivity contribution in [1.82, 2.24) is 10.4 Å². The Balaban J connectivity index is 2.08. The van der Waals surface area contributed by atoms with Crippen molar-refractivity contribution >= 4 is 68.9 Å². The number of hydrazine groups is 1. The summed E-state index contributed by atoms with van der Waals surface area (Å²) in [5, 5.41) is 4.21. The molecular weight excluding hydrogens is 423 g/mol. The van der Waals surface area contributed by atoms with Gasteiger partial charge in [-0.05, 0) is 36.8 Å². The lowest BCUT2D eigenvalue weighted by Crippen LogP contribution is -2.27. The van der Waals surface area contributed by atoms with Crippen molar-refractivity contribution in [3.8, 4) is 0 Å². The molecule has 0 fully saturated rings. The first-order valence-electron chi connectivity index (χ1n) is 8.15. The van der Waals surface area contributed by atoms with Crippen molar-refractivity contribution in [3.63, 3.8) is 0 Å². The number of aromatic nitrogens is 1. The van der Waals surface area contributed by atoms with Gasteiger partial charge in [-0.15, -0.1) is 0 Å². The van der Waals surface area contributed by atoms with Gasteiger partial charge in [0.1, 0.15) is 0 Å². The van der Waals surface area contributed by atoms with E-state index in [0.717, 1.165) is 5.56 Å². The normalized spacial score (nSPS) is 10.6. The predicted octanol–water partition coefficient (Wildman–Crippen LogP) is 5.22. The molecule has 2 aromatic carbocycles. The van der Waals surface area contributed by atoms with Gasteiger partial charge in [0.15, 0.2) is 0 Å². The molecule has 1 aromatic heterocycles. The third kappa shape index (κ3) is 3.99. The third-order valence-corrected chi connectivity index (χ3v) is 4.91. The van der Waals surface area contributed by atoms with Crippen LogP contribution in [0.25, 0.3) is 10.9 Å². The Bertz CT molecular complexity index is 1080. The van der Waals surface area contributed by atoms with Crippen LogP contribution in [0.15, 0.2) is 36.5 Å². The van der Waals surface area contributed by atoms with E-state index in [1.165, 1.54) is 6.92 Å². The molecular formula is C19H15Cl3N4O2. The zero-order chi connectivity index (χ0) is 20.4. The number of carbonyl (C=O) groups excluding carboxylic acids is 2. The quantitative estimate of drug-likeness (QED) is 0.489. The minimum atomic E-state index is -0.474. The second kappa shape index (κ2) is 8.22. The Morgan fingerprint density at radius 3 is 2.32 bits per heavy atom. The van der Waals surface area contributed by atoms with Gasteiger partial charge in [-0.3, -0.25) is 25.4 Å². The lowest BCUT2D eigenvalue weighted by atomic mass is 10.1. The van der Waals surface area contributed by atoms with Crippen molar-refractivity contribution in [2.75, 3.05) is 10.7 Å². The Labute approximate surface area is 176 Å². The zero-order valence-electron chi connectivity index (χ0n) is 14.9. The molecule has 0 spiro atoms. The Morgan fingerprint density at radius 1 is 1.00 bits per heavy atom. The zero-order valence-corrected chi connectivity index (χ0v) is 17.1. The first kappa shape index (κ1) is 20.2. The van der Waals surface area contributed by atoms with Gasteiger partial charge in [0.2, 0.25) is 5.91 Å². The highest BCUT2D eigenvalue weighted by atomic mass is 35.5. The topological polar surface area (TPSA) is 83.1 Å². The van der Waals surface area contributed by atoms with Gasteiger partial charge in [-0.2, -0.15) is 0 Å². The van der Waals surface area contributed by atoms with Gasteiger partial charge in [0.05, 0.1) is 37.5 Å². The standard InChI is InChI=1S/C19H15Cl3N4O2/c1-9-8-23-18-14(24-19(28)15-11(20)4-3-5-12(15)21)7-6-13(22)16(18)17(9)26-25-10(2)27/h3-8H,1-2H3,(H,23,26)(H,24,28)(H,25,27). The maximum absolute atomic E-state index is 12.7. The molecule has 0 aliphatic heterocycles. The highest BCUT2D eigenvalue weighted by molar-refractivity contribution is 6.41. The number of hydrogen-bond acceptors (Lipinski definition) is 4. The van der Waals surface area contributed by atoms with Gasteiger partial charge in [0, 0.05) is 18.5 Å². The highest BCUT2D eigenvalue weighted by Crippen LogP contribution is 2.36. The molecule has 0 atom stereocenters. The van der Waals surface area contributed by atoms with Crippen LogP contribution in [0, 0.1) is 6.92 Å². The molecule has 0 saturated heterocycles. The SMILES string of the molecule is CC(=O)NNc1c(C)cnc2c(NC(=O)c3c(Cl)cccc3Cl)ccc(Cl)c12. The molecule has 3 N–H and O–H groups in total. The summed E-state index contributed by atoms with van der Waals surface area (Å²) in [4.78, 5) is 28.4. The number of carbonyl (C=O) groups is 2. The van der Waals surface area contributed by atoms with Crippen LogP contribution in [-0.4, -0.2) is 16.8 Å². The van der Waals surface area contributed by atoms with Crippen LogP contribution < -0.4 is 16.2 Å². The largest absolute Gasteiger partial charge is 0.320 e. The summed E-state index contributed by atoms with van der Waals surface area (Å²) in [6.07, 6.45) is 1.61. The smallest absolute Gasteiger partial charge is 0.258 e. The fraction of sp³-hybridized carbons (Fsp3) is 0.105. The molecule has 2 amide bonds. The second-order valence-electron chi connectivity index (χ2n) is 5.99. The van der Waals surface area contributed by atoms with E-state index in [4.69, 9.17) is 34.8 Å². The van der Waals surface area contributed by atoms with Crippen LogP contribution in [0.3, 0.4) is 0 Å². The summed E-state index contributed by atoms with van der Waals surface area (Å²) in [5.74, 6) is -0.740. The van der Waals surface area contributed by atoms with Gasteiger partial charge >= 0.3 is 0 Å². The van der Waals surface area contributed by atoms with Crippen LogP contribution >= 0.6 is 34.8 Å². The van der Waals surface area contributed by atoms with Crippen molar-refractivity contribution < 1.29 is 9.59 Å². The van der Waals surface area contributed by atoms with E-state index < -0.39 is 5.91 Å². The van der Waals surface area contributed by atoms with E-state index in [-0.39, 0.29) is 21.5 Å². The number of halogens is 3. The Hall–Kier alpha value is -2.54. The van der Waals surface area contributed by atoms with E-state index in [1.54, 1.807) is 36.5 Å². The Kier molecular flexibility index (Phi) is 5.93. The molecule has 6 nitrogen and oxygen atoms in total. The van der Waals surface area contributed by atoms with E-state index in [0.29, 0.717) is 27.3 Å². The Morgan fingerprint density at radius 2 is 1.68 bits per heavy atom. The minimum absolute atomic E-state index is 0.164. The number of rotatable bonds is 4. The number of aryl methyl sites for hydroxylation is 1. The van der Waals surface area contributed by atoms with E-state index in [9.17, 15) is 9.59 Å². The third-order valence-electron chi connectivity index (χ3n) is 3.96. The van der Waals surface area contributed by atoms with Gasteiger partial charge in [-0.1, -0.05) is 40.9 Å². The average Bonchev–Trinajstić information content (AvgIpc) is 2.62. The molecule has 28 heavy (non-hydrogen) atoms. The van der Waals surface area contributed by atoms with Crippen molar-refractivity contribution in [2.45, 2.75) is 13.8 Å². The predicted molar refractivity (Wildman–Crippen MR) is 113 cm³/mol. The molecule has 0 aliphatic carbocycles. The molecule has 9 heteroatoms. The molecule has 3 rings (SSSR count). The first-order valence-corrected chi connectivity index (χ1v) is 9.28. The van der Waals surface area contributed by atoms with Crippen molar-refractivity contribution in [3.05, 3.63) is 62.7 Å². The lowest BCUT2D eigenvalue weighted by Gasteiger charge is -2.16. The number of nitrogens with zero attached hydrogens (tertiary/aromatic N) is 1. The number of amides is 2. The number of anilines is 2. The molecule has 1 heterocycles. The maximum Gasteiger partial charge on any atom is 0.258 e. The molecule has 0 radical (unpaired) electrons. The van der Waals surface area contributed by atoms with Crippen LogP contribution in [0.5, 0.6) is 0 Å². The van der Waals surface area contributed by atoms with Crippen LogP contribution in [0.2, 0.25) is 15.1 Å². The minimum Gasteiger partial charge on any atom is -0.320 e. The fourth-order valence-electron chi connectivity index (χ4n) is 2.67. The van der Waals surface area contributed by atoms with Gasteiger partial charge in [-0.25, -0.2) is 0 Å². The fourth-order valence-corrected chi connectivity index (χ4v) is 3.49. The number of nitrogens with one attached hydrogen (secondary N) is 3. The molecule has 3 aromatic rings. The molecule has 0 aliphatic rings. The first-order chi connectivity index (χ1) is 13.3. The van der Waals surface area contributed by atoms with E-state index in [1.807, 2.05) is 6.92 Å². The van der Waals surface area contributed by atoms with Crippen LogP contribution in [0.1, 0.15) is 22.8 Å². The van der Waals surface area contributed by atoms with Crippen LogP contribution in [-0.2, 0) is 4.79 Å². The molecule has 144 valence electrons. The van der Waals surface area contributed by atoms with Crippen molar-refractivity contribution in [1.29, 1.82) is 0 Å². The van der Waals surface area contributed by atoms with E-state index in [2.05, 4.69) is 21.2 Å². The van der Waals surface area contributed by atoms with Gasteiger partial charge in [0.25, 0.3) is 5.91 Å². The second-order valence-corrected chi connectivity index (χ2v) is 7.21. The molecule has 0 saturated carbocycles. The summed E-state index contributed by atoms with van der Waals surface area (Å²) >= 11 is 18.6. The maximum atomic E-state index is 12.7. The van der Waals surface area contributed by atoms with Crippen LogP contribution in [0.4, 0.5) is 11.4 Å². The number of benzene rings is 2. The van der Waals surface area contributed by atoms with Gasteiger partial charge < -0.3 is 5.32 Å². The lowest BCUT2D eigenvalue weighted by molar-refractivity contribution is -0.118. The van der Waals surface area contributed by atoms with E-state index >= 15 is 0 Å². The highest BCUT2D eigenvalue weighted by Gasteiger charge is 2.18. The number of fused-ring (bicyclic) bond motifs is 1. The van der Waals surface area contributed by atoms with Crippen molar-refractivity contribution in [2.24, 2.45) is 0 Å². The molecule has 0 bridgehead atoms.